The second-order valence-electron chi connectivity index (χ2n) is 13.8. The van der Waals surface area contributed by atoms with Crippen LogP contribution in [-0.4, -0.2) is 88.3 Å². The monoisotopic (exact) mass is 733 g/mol. The summed E-state index contributed by atoms with van der Waals surface area (Å²) in [4.78, 5) is 43.4. The van der Waals surface area contributed by atoms with Crippen molar-refractivity contribution >= 4 is 17.8 Å². The summed E-state index contributed by atoms with van der Waals surface area (Å²) in [5.74, 6) is 0.570. The van der Waals surface area contributed by atoms with Gasteiger partial charge in [0, 0.05) is 19.0 Å². The molecule has 280 valence electrons. The van der Waals surface area contributed by atoms with Gasteiger partial charge in [-0.15, -0.1) is 0 Å². The van der Waals surface area contributed by atoms with Crippen LogP contribution in [0.2, 0.25) is 0 Å². The quantitative estimate of drug-likeness (QED) is 0.112. The molecule has 3 aromatic rings. The van der Waals surface area contributed by atoms with Crippen molar-refractivity contribution in [2.45, 2.75) is 81.6 Å². The lowest BCUT2D eigenvalue weighted by Crippen LogP contribution is -2.74. The Kier molecular flexibility index (Phi) is 11.6. The first-order valence-electron chi connectivity index (χ1n) is 17.8. The van der Waals surface area contributed by atoms with Gasteiger partial charge in [0.2, 0.25) is 17.6 Å². The number of nitrogens with zero attached hydrogens (tertiary/aromatic N) is 2. The lowest BCUT2D eigenvalue weighted by Gasteiger charge is -2.53. The fourth-order valence-electron chi connectivity index (χ4n) is 7.12. The number of benzene rings is 3. The minimum atomic E-state index is -1.44. The summed E-state index contributed by atoms with van der Waals surface area (Å²) in [6.07, 6.45) is 0.0950. The highest BCUT2D eigenvalue weighted by Gasteiger charge is 2.56. The SMILES string of the molecule is Cc1cccc(OCCN(C(=O)[C@@H]2N(C(=O)C[C@@H](O)CC(=O)O)C[C@@H]3C#CC[C@]2(c2ccc(CCCOc4c(F)ccc(F)c4F)cc2)N3)C2CC2)c1. The lowest BCUT2D eigenvalue weighted by atomic mass is 9.73. The average Bonchev–Trinajstić information content (AvgIpc) is 3.96. The fourth-order valence-corrected chi connectivity index (χ4v) is 7.12. The lowest BCUT2D eigenvalue weighted by molar-refractivity contribution is -0.156. The predicted molar refractivity (Wildman–Crippen MR) is 187 cm³/mol. The third-order valence-corrected chi connectivity index (χ3v) is 9.80. The van der Waals surface area contributed by atoms with Gasteiger partial charge in [0.25, 0.3) is 0 Å². The van der Waals surface area contributed by atoms with Crippen molar-refractivity contribution in [1.29, 1.82) is 0 Å². The molecule has 2 fully saturated rings. The molecule has 2 heterocycles. The van der Waals surface area contributed by atoms with E-state index in [1.54, 1.807) is 4.90 Å². The van der Waals surface area contributed by atoms with Crippen LogP contribution >= 0.6 is 0 Å². The molecule has 2 aliphatic heterocycles. The van der Waals surface area contributed by atoms with Crippen LogP contribution in [0.25, 0.3) is 0 Å². The number of carbonyl (C=O) groups excluding carboxylic acids is 2. The number of hydrogen-bond donors (Lipinski definition) is 3. The minimum absolute atomic E-state index is 0.0402. The summed E-state index contributed by atoms with van der Waals surface area (Å²) >= 11 is 0. The first kappa shape index (κ1) is 37.7. The maximum atomic E-state index is 14.9. The molecular weight excluding hydrogens is 691 g/mol. The average molecular weight is 734 g/mol. The molecule has 3 aliphatic rings. The topological polar surface area (TPSA) is 129 Å². The van der Waals surface area contributed by atoms with Gasteiger partial charge in [0.1, 0.15) is 18.4 Å². The number of fused-ring (bicyclic) bond motifs is 2. The van der Waals surface area contributed by atoms with Gasteiger partial charge in [-0.25, -0.2) is 8.78 Å². The van der Waals surface area contributed by atoms with E-state index in [4.69, 9.17) is 9.47 Å². The molecule has 2 amide bonds. The van der Waals surface area contributed by atoms with E-state index in [0.717, 1.165) is 30.0 Å². The molecular formula is C40H42F3N3O7. The van der Waals surface area contributed by atoms with Crippen molar-refractivity contribution in [3.05, 3.63) is 94.8 Å². The molecule has 53 heavy (non-hydrogen) atoms. The molecule has 13 heteroatoms. The van der Waals surface area contributed by atoms with E-state index in [-0.39, 0.29) is 44.7 Å². The Morgan fingerprint density at radius 3 is 2.49 bits per heavy atom. The number of carbonyl (C=O) groups is 3. The molecule has 3 aromatic carbocycles. The van der Waals surface area contributed by atoms with E-state index in [2.05, 4.69) is 17.2 Å². The summed E-state index contributed by atoms with van der Waals surface area (Å²) in [6.45, 7) is 2.46. The molecule has 0 unspecified atom stereocenters. The van der Waals surface area contributed by atoms with Crippen LogP contribution in [0.3, 0.4) is 0 Å². The van der Waals surface area contributed by atoms with Crippen molar-refractivity contribution < 1.29 is 47.2 Å². The predicted octanol–water partition coefficient (Wildman–Crippen LogP) is 4.49. The Labute approximate surface area is 305 Å². The number of nitrogens with one attached hydrogen (secondary N) is 1. The zero-order valence-corrected chi connectivity index (χ0v) is 29.3. The third-order valence-electron chi connectivity index (χ3n) is 9.80. The number of piperazine rings is 1. The summed E-state index contributed by atoms with van der Waals surface area (Å²) in [5, 5.41) is 23.3. The van der Waals surface area contributed by atoms with Gasteiger partial charge in [-0.3, -0.25) is 19.7 Å². The zero-order chi connectivity index (χ0) is 37.7. The van der Waals surface area contributed by atoms with Gasteiger partial charge in [0.15, 0.2) is 17.4 Å². The van der Waals surface area contributed by atoms with E-state index in [1.807, 2.05) is 55.5 Å². The summed E-state index contributed by atoms with van der Waals surface area (Å²) in [7, 11) is 0. The van der Waals surface area contributed by atoms with Crippen LogP contribution in [-0.2, 0) is 26.3 Å². The van der Waals surface area contributed by atoms with E-state index < -0.39 is 71.6 Å². The van der Waals surface area contributed by atoms with E-state index in [9.17, 15) is 37.8 Å². The summed E-state index contributed by atoms with van der Waals surface area (Å²) < 4.78 is 52.8. The summed E-state index contributed by atoms with van der Waals surface area (Å²) in [5.41, 5.74) is 1.46. The number of hydrogen-bond acceptors (Lipinski definition) is 7. The summed E-state index contributed by atoms with van der Waals surface area (Å²) in [6, 6.07) is 14.9. The molecule has 10 nitrogen and oxygen atoms in total. The molecule has 1 aliphatic carbocycles. The number of carboxylic acid groups (broad SMARTS) is 1. The number of aliphatic hydroxyl groups excluding tert-OH is 1. The maximum absolute atomic E-state index is 14.9. The molecule has 6 rings (SSSR count). The number of aliphatic hydroxyl groups is 1. The van der Waals surface area contributed by atoms with E-state index in [1.165, 1.54) is 4.90 Å². The van der Waals surface area contributed by atoms with Gasteiger partial charge in [-0.1, -0.05) is 48.2 Å². The van der Waals surface area contributed by atoms with Crippen LogP contribution in [0.15, 0.2) is 60.7 Å². The maximum Gasteiger partial charge on any atom is 0.305 e. The molecule has 3 N–H and O–H groups in total. The largest absolute Gasteiger partial charge is 0.492 e. The van der Waals surface area contributed by atoms with Crippen LogP contribution in [0.4, 0.5) is 13.2 Å². The second-order valence-corrected chi connectivity index (χ2v) is 13.8. The highest BCUT2D eigenvalue weighted by atomic mass is 19.2. The molecule has 0 radical (unpaired) electrons. The Balaban J connectivity index is 1.24. The molecule has 1 saturated heterocycles. The molecule has 0 aromatic heterocycles. The first-order valence-corrected chi connectivity index (χ1v) is 17.8. The highest BCUT2D eigenvalue weighted by molar-refractivity contribution is 5.91. The highest BCUT2D eigenvalue weighted by Crippen LogP contribution is 2.40. The Morgan fingerprint density at radius 2 is 1.77 bits per heavy atom. The number of aryl methyl sites for hydroxylation is 2. The van der Waals surface area contributed by atoms with E-state index in [0.29, 0.717) is 30.2 Å². The van der Waals surface area contributed by atoms with Gasteiger partial charge in [-0.2, -0.15) is 4.39 Å². The number of rotatable bonds is 16. The van der Waals surface area contributed by atoms with Crippen LogP contribution in [0.5, 0.6) is 11.5 Å². The van der Waals surface area contributed by atoms with Gasteiger partial charge in [0.05, 0.1) is 43.7 Å². The van der Waals surface area contributed by atoms with Gasteiger partial charge >= 0.3 is 5.97 Å². The second kappa shape index (κ2) is 16.3. The zero-order valence-electron chi connectivity index (χ0n) is 29.3. The fraction of sp³-hybridized carbons (Fsp3) is 0.425. The Hall–Kier alpha value is -5.06. The van der Waals surface area contributed by atoms with Crippen LogP contribution in [0, 0.1) is 36.2 Å². The normalized spacial score (nSPS) is 20.9. The standard InChI is InChI=1S/C40H42F3N3O7/c1-25-5-2-8-31(21-25)52-20-18-45(29-13-14-29)39(51)38-40(17-3-7-28(44-40)24-46(38)34(48)22-30(47)23-35(49)50)27-11-9-26(10-12-27)6-4-19-53-37-33(42)16-15-32(41)36(37)43/h2,5,8-12,15-16,21,28-30,38,44,47H,4,6,13-14,17-20,22-24H2,1H3,(H,49,50)/t28-,30+,38-,40+/m0/s1. The van der Waals surface area contributed by atoms with Crippen molar-refractivity contribution in [2.75, 3.05) is 26.3 Å². The number of ether oxygens (including phenoxy) is 2. The number of amides is 2. The van der Waals surface area contributed by atoms with E-state index >= 15 is 0 Å². The van der Waals surface area contributed by atoms with Crippen molar-refractivity contribution in [1.82, 2.24) is 15.1 Å². The van der Waals surface area contributed by atoms with Crippen LogP contribution in [0.1, 0.15) is 55.2 Å². The van der Waals surface area contributed by atoms with Crippen LogP contribution < -0.4 is 14.8 Å². The Morgan fingerprint density at radius 1 is 1.02 bits per heavy atom. The molecule has 2 bridgehead atoms. The smallest absolute Gasteiger partial charge is 0.305 e. The molecule has 4 atom stereocenters. The third kappa shape index (κ3) is 8.77. The minimum Gasteiger partial charge on any atom is -0.492 e. The number of aliphatic carboxylic acids is 1. The van der Waals surface area contributed by atoms with Crippen molar-refractivity contribution in [3.8, 4) is 23.3 Å². The number of carboxylic acids is 1. The van der Waals surface area contributed by atoms with Crippen molar-refractivity contribution in [2.24, 2.45) is 0 Å². The number of halogens is 3. The Bertz CT molecular complexity index is 1890. The molecule has 0 spiro atoms. The van der Waals surface area contributed by atoms with Gasteiger partial charge < -0.3 is 29.5 Å². The van der Waals surface area contributed by atoms with Gasteiger partial charge in [-0.05, 0) is 73.6 Å². The first-order chi connectivity index (χ1) is 25.4. The molecule has 1 saturated carbocycles. The van der Waals surface area contributed by atoms with Crippen molar-refractivity contribution in [3.63, 3.8) is 0 Å².